The molecule has 2 heterocycles. The second-order valence-corrected chi connectivity index (χ2v) is 6.92. The van der Waals surface area contributed by atoms with E-state index in [1.54, 1.807) is 0 Å². The molecule has 2 aromatic carbocycles. The van der Waals surface area contributed by atoms with Crippen molar-refractivity contribution < 1.29 is 9.21 Å². The number of hydrogen-bond acceptors (Lipinski definition) is 5. The Morgan fingerprint density at radius 1 is 1.15 bits per heavy atom. The first kappa shape index (κ1) is 16.5. The second kappa shape index (κ2) is 6.38. The number of carbonyl (C=O) groups excluding carboxylic acids is 1. The summed E-state index contributed by atoms with van der Waals surface area (Å²) < 4.78 is 5.94. The Bertz CT molecular complexity index is 934. The van der Waals surface area contributed by atoms with Gasteiger partial charge in [0.1, 0.15) is 0 Å². The van der Waals surface area contributed by atoms with Crippen LogP contribution in [0.15, 0.2) is 59.0 Å². The Balaban J connectivity index is 1.63. The SMILES string of the molecule is C[C@@](N)(Cc1ccccc1)c1nnc(C2CC(=O)Nc3ccccc32)o1. The molecule has 2 atom stereocenters. The maximum absolute atomic E-state index is 12.0. The number of benzene rings is 2. The summed E-state index contributed by atoms with van der Waals surface area (Å²) in [5, 5.41) is 11.3. The third-order valence-corrected chi connectivity index (χ3v) is 4.64. The van der Waals surface area contributed by atoms with Crippen LogP contribution >= 0.6 is 0 Å². The monoisotopic (exact) mass is 348 g/mol. The summed E-state index contributed by atoms with van der Waals surface area (Å²) in [7, 11) is 0. The van der Waals surface area contributed by atoms with Gasteiger partial charge in [-0.3, -0.25) is 4.79 Å². The molecule has 1 amide bonds. The summed E-state index contributed by atoms with van der Waals surface area (Å²) in [6, 6.07) is 17.6. The minimum Gasteiger partial charge on any atom is -0.423 e. The number of amides is 1. The van der Waals surface area contributed by atoms with Crippen molar-refractivity contribution in [2.75, 3.05) is 5.32 Å². The molecule has 0 saturated heterocycles. The fraction of sp³-hybridized carbons (Fsp3) is 0.250. The topological polar surface area (TPSA) is 94.0 Å². The molecule has 132 valence electrons. The summed E-state index contributed by atoms with van der Waals surface area (Å²) in [5.74, 6) is 0.480. The van der Waals surface area contributed by atoms with Gasteiger partial charge in [0.15, 0.2) is 0 Å². The van der Waals surface area contributed by atoms with E-state index in [4.69, 9.17) is 10.2 Å². The summed E-state index contributed by atoms with van der Waals surface area (Å²) in [6.07, 6.45) is 0.857. The van der Waals surface area contributed by atoms with Crippen molar-refractivity contribution in [2.45, 2.75) is 31.2 Å². The van der Waals surface area contributed by atoms with Gasteiger partial charge in [0, 0.05) is 12.1 Å². The maximum Gasteiger partial charge on any atom is 0.236 e. The Morgan fingerprint density at radius 2 is 1.88 bits per heavy atom. The zero-order valence-electron chi connectivity index (χ0n) is 14.5. The van der Waals surface area contributed by atoms with Crippen molar-refractivity contribution in [3.05, 3.63) is 77.5 Å². The second-order valence-electron chi connectivity index (χ2n) is 6.92. The minimum absolute atomic E-state index is 0.0618. The molecule has 0 bridgehead atoms. The van der Waals surface area contributed by atoms with Crippen molar-refractivity contribution in [3.8, 4) is 0 Å². The molecule has 1 aromatic heterocycles. The van der Waals surface area contributed by atoms with Crippen molar-refractivity contribution in [2.24, 2.45) is 5.73 Å². The van der Waals surface area contributed by atoms with Gasteiger partial charge in [-0.2, -0.15) is 0 Å². The number of para-hydroxylation sites is 1. The van der Waals surface area contributed by atoms with Gasteiger partial charge in [0.2, 0.25) is 17.7 Å². The highest BCUT2D eigenvalue weighted by atomic mass is 16.4. The summed E-state index contributed by atoms with van der Waals surface area (Å²) in [4.78, 5) is 12.0. The van der Waals surface area contributed by atoms with Gasteiger partial charge in [-0.05, 0) is 30.5 Å². The number of rotatable bonds is 4. The van der Waals surface area contributed by atoms with E-state index in [2.05, 4.69) is 15.5 Å². The van der Waals surface area contributed by atoms with E-state index in [0.29, 0.717) is 18.2 Å². The van der Waals surface area contributed by atoms with Gasteiger partial charge in [-0.25, -0.2) is 0 Å². The summed E-state index contributed by atoms with van der Waals surface area (Å²) in [5.41, 5.74) is 8.53. The van der Waals surface area contributed by atoms with Crippen LogP contribution in [0.1, 0.15) is 42.2 Å². The van der Waals surface area contributed by atoms with E-state index < -0.39 is 5.54 Å². The van der Waals surface area contributed by atoms with Crippen molar-refractivity contribution in [1.29, 1.82) is 0 Å². The van der Waals surface area contributed by atoms with Crippen LogP contribution in [-0.2, 0) is 16.8 Å². The summed E-state index contributed by atoms with van der Waals surface area (Å²) in [6.45, 7) is 1.87. The predicted octanol–water partition coefficient (Wildman–Crippen LogP) is 2.96. The molecule has 0 fully saturated rings. The Hall–Kier alpha value is -2.99. The van der Waals surface area contributed by atoms with Crippen molar-refractivity contribution in [3.63, 3.8) is 0 Å². The van der Waals surface area contributed by atoms with Crippen LogP contribution < -0.4 is 11.1 Å². The highest BCUT2D eigenvalue weighted by molar-refractivity contribution is 5.95. The molecule has 0 aliphatic carbocycles. The lowest BCUT2D eigenvalue weighted by molar-refractivity contribution is -0.116. The first-order valence-corrected chi connectivity index (χ1v) is 8.58. The smallest absolute Gasteiger partial charge is 0.236 e. The lowest BCUT2D eigenvalue weighted by atomic mass is 9.90. The van der Waals surface area contributed by atoms with Gasteiger partial charge in [-0.1, -0.05) is 48.5 Å². The van der Waals surface area contributed by atoms with Crippen LogP contribution in [0.5, 0.6) is 0 Å². The lowest BCUT2D eigenvalue weighted by Crippen LogP contribution is -2.36. The molecule has 3 aromatic rings. The van der Waals surface area contributed by atoms with Crippen molar-refractivity contribution >= 4 is 11.6 Å². The fourth-order valence-electron chi connectivity index (χ4n) is 3.33. The molecule has 0 spiro atoms. The number of fused-ring (bicyclic) bond motifs is 1. The van der Waals surface area contributed by atoms with Crippen LogP contribution in [0.25, 0.3) is 0 Å². The van der Waals surface area contributed by atoms with Gasteiger partial charge >= 0.3 is 0 Å². The minimum atomic E-state index is -0.789. The average molecular weight is 348 g/mol. The van der Waals surface area contributed by atoms with Crippen LogP contribution in [0.4, 0.5) is 5.69 Å². The molecular weight excluding hydrogens is 328 g/mol. The third kappa shape index (κ3) is 3.11. The molecule has 4 rings (SSSR count). The predicted molar refractivity (Wildman–Crippen MR) is 97.5 cm³/mol. The maximum atomic E-state index is 12.0. The normalized spacial score (nSPS) is 18.7. The Labute approximate surface area is 151 Å². The van der Waals surface area contributed by atoms with Crippen LogP contribution in [0.3, 0.4) is 0 Å². The standard InChI is InChI=1S/C20H20N4O2/c1-20(21,12-13-7-3-2-4-8-13)19-24-23-18(26-19)15-11-17(25)22-16-10-6-5-9-14(15)16/h2-10,15H,11-12,21H2,1H3,(H,22,25)/t15?,20-/m1/s1. The molecule has 1 aliphatic rings. The quantitative estimate of drug-likeness (QED) is 0.756. The fourth-order valence-corrected chi connectivity index (χ4v) is 3.33. The highest BCUT2D eigenvalue weighted by Crippen LogP contribution is 2.37. The van der Waals surface area contributed by atoms with E-state index in [0.717, 1.165) is 16.8 Å². The number of nitrogens with one attached hydrogen (secondary N) is 1. The number of nitrogens with zero attached hydrogens (tertiary/aromatic N) is 2. The molecular formula is C20H20N4O2. The average Bonchev–Trinajstić information content (AvgIpc) is 3.12. The number of aromatic nitrogens is 2. The molecule has 1 aliphatic heterocycles. The van der Waals surface area contributed by atoms with Gasteiger partial charge < -0.3 is 15.5 Å². The first-order valence-electron chi connectivity index (χ1n) is 8.58. The first-order chi connectivity index (χ1) is 12.5. The van der Waals surface area contributed by atoms with E-state index in [1.807, 2.05) is 61.5 Å². The highest BCUT2D eigenvalue weighted by Gasteiger charge is 2.33. The lowest BCUT2D eigenvalue weighted by Gasteiger charge is -2.23. The van der Waals surface area contributed by atoms with Crippen LogP contribution in [-0.4, -0.2) is 16.1 Å². The Morgan fingerprint density at radius 3 is 2.69 bits per heavy atom. The molecule has 1 unspecified atom stereocenters. The molecule has 6 nitrogen and oxygen atoms in total. The van der Waals surface area contributed by atoms with E-state index in [1.165, 1.54) is 0 Å². The number of nitrogens with two attached hydrogens (primary N) is 1. The van der Waals surface area contributed by atoms with Crippen LogP contribution in [0.2, 0.25) is 0 Å². The Kier molecular flexibility index (Phi) is 4.05. The molecule has 6 heteroatoms. The number of hydrogen-bond donors (Lipinski definition) is 2. The molecule has 26 heavy (non-hydrogen) atoms. The zero-order valence-corrected chi connectivity index (χ0v) is 14.5. The number of carbonyl (C=O) groups is 1. The largest absolute Gasteiger partial charge is 0.423 e. The molecule has 3 N–H and O–H groups in total. The molecule has 0 radical (unpaired) electrons. The van der Waals surface area contributed by atoms with E-state index in [-0.39, 0.29) is 18.2 Å². The van der Waals surface area contributed by atoms with Crippen molar-refractivity contribution in [1.82, 2.24) is 10.2 Å². The zero-order chi connectivity index (χ0) is 18.1. The van der Waals surface area contributed by atoms with E-state index >= 15 is 0 Å². The van der Waals surface area contributed by atoms with Gasteiger partial charge in [-0.15, -0.1) is 10.2 Å². The van der Waals surface area contributed by atoms with Gasteiger partial charge in [0.05, 0.1) is 11.5 Å². The van der Waals surface area contributed by atoms with Crippen LogP contribution in [0, 0.1) is 0 Å². The molecule has 0 saturated carbocycles. The number of anilines is 1. The summed E-state index contributed by atoms with van der Waals surface area (Å²) >= 11 is 0. The third-order valence-electron chi connectivity index (χ3n) is 4.64. The van der Waals surface area contributed by atoms with Gasteiger partial charge in [0.25, 0.3) is 0 Å². The van der Waals surface area contributed by atoms with E-state index in [9.17, 15) is 4.79 Å².